The van der Waals surface area contributed by atoms with E-state index in [4.69, 9.17) is 10.5 Å². The fraction of sp³-hybridized carbons (Fsp3) is 0.643. The minimum Gasteiger partial charge on any atom is -0.381 e. The molecule has 1 aromatic rings. The summed E-state index contributed by atoms with van der Waals surface area (Å²) in [4.78, 5) is 13.4. The maximum absolute atomic E-state index is 12.1. The van der Waals surface area contributed by atoms with Gasteiger partial charge in [0.05, 0.1) is 6.04 Å². The molecule has 0 radical (unpaired) electrons. The average molecular weight is 282 g/mol. The minimum absolute atomic E-state index is 0.0315. The molecule has 2 heterocycles. The fourth-order valence-electron chi connectivity index (χ4n) is 2.41. The van der Waals surface area contributed by atoms with Gasteiger partial charge in [-0.2, -0.15) is 0 Å². The number of ether oxygens (including phenoxy) is 1. The Bertz CT molecular complexity index is 388. The predicted octanol–water partition coefficient (Wildman–Crippen LogP) is 1.55. The third kappa shape index (κ3) is 4.30. The van der Waals surface area contributed by atoms with E-state index in [-0.39, 0.29) is 17.9 Å². The van der Waals surface area contributed by atoms with Gasteiger partial charge in [-0.1, -0.05) is 6.07 Å². The van der Waals surface area contributed by atoms with Crippen LogP contribution in [-0.4, -0.2) is 31.2 Å². The van der Waals surface area contributed by atoms with E-state index in [1.54, 1.807) is 11.3 Å². The second kappa shape index (κ2) is 7.03. The smallest absolute Gasteiger partial charge is 0.237 e. The number of rotatable bonds is 5. The Balaban J connectivity index is 1.79. The molecule has 2 rings (SSSR count). The lowest BCUT2D eigenvalue weighted by Crippen LogP contribution is -2.49. The first-order valence-electron chi connectivity index (χ1n) is 6.83. The second-order valence-electron chi connectivity index (χ2n) is 5.17. The highest BCUT2D eigenvalue weighted by atomic mass is 32.1. The first kappa shape index (κ1) is 14.5. The van der Waals surface area contributed by atoms with E-state index in [2.05, 4.69) is 16.8 Å². The number of nitrogens with one attached hydrogen (secondary N) is 1. The van der Waals surface area contributed by atoms with Crippen LogP contribution >= 0.6 is 11.3 Å². The molecule has 2 unspecified atom stereocenters. The normalized spacial score (nSPS) is 19.9. The van der Waals surface area contributed by atoms with Crippen molar-refractivity contribution < 1.29 is 9.53 Å². The number of amides is 1. The van der Waals surface area contributed by atoms with Crippen molar-refractivity contribution in [3.63, 3.8) is 0 Å². The maximum Gasteiger partial charge on any atom is 0.237 e. The summed E-state index contributed by atoms with van der Waals surface area (Å²) in [5, 5.41) is 5.07. The summed E-state index contributed by atoms with van der Waals surface area (Å²) >= 11 is 1.72. The summed E-state index contributed by atoms with van der Waals surface area (Å²) in [6, 6.07) is 3.83. The van der Waals surface area contributed by atoms with Gasteiger partial charge in [-0.05, 0) is 37.1 Å². The molecule has 1 aromatic heterocycles. The molecular weight excluding hydrogens is 260 g/mol. The molecule has 1 fully saturated rings. The number of carbonyl (C=O) groups excluding carboxylic acids is 1. The van der Waals surface area contributed by atoms with Crippen LogP contribution in [-0.2, 0) is 16.0 Å². The zero-order chi connectivity index (χ0) is 13.7. The predicted molar refractivity (Wildman–Crippen MR) is 77.1 cm³/mol. The quantitative estimate of drug-likeness (QED) is 0.861. The number of hydrogen-bond acceptors (Lipinski definition) is 4. The summed E-state index contributed by atoms with van der Waals surface area (Å²) in [5.41, 5.74) is 6.05. The number of nitrogens with two attached hydrogens (primary N) is 1. The summed E-state index contributed by atoms with van der Waals surface area (Å²) in [7, 11) is 0. The Morgan fingerprint density at radius 3 is 2.95 bits per heavy atom. The monoisotopic (exact) mass is 282 g/mol. The van der Waals surface area contributed by atoms with Crippen LogP contribution in [0.15, 0.2) is 17.5 Å². The van der Waals surface area contributed by atoms with Crippen molar-refractivity contribution in [1.29, 1.82) is 0 Å². The first-order chi connectivity index (χ1) is 9.16. The van der Waals surface area contributed by atoms with Crippen molar-refractivity contribution in [2.24, 2.45) is 11.7 Å². The van der Waals surface area contributed by atoms with E-state index in [1.807, 2.05) is 13.0 Å². The van der Waals surface area contributed by atoms with Crippen LogP contribution < -0.4 is 11.1 Å². The van der Waals surface area contributed by atoms with Crippen molar-refractivity contribution in [1.82, 2.24) is 5.32 Å². The summed E-state index contributed by atoms with van der Waals surface area (Å²) in [6.07, 6.45) is 2.63. The molecule has 1 amide bonds. The lowest BCUT2D eigenvalue weighted by Gasteiger charge is -2.27. The molecule has 4 nitrogen and oxygen atoms in total. The molecule has 3 N–H and O–H groups in total. The summed E-state index contributed by atoms with van der Waals surface area (Å²) in [6.45, 7) is 3.46. The van der Waals surface area contributed by atoms with Gasteiger partial charge in [0.2, 0.25) is 5.91 Å². The van der Waals surface area contributed by atoms with Crippen LogP contribution in [0, 0.1) is 5.92 Å². The highest BCUT2D eigenvalue weighted by molar-refractivity contribution is 7.09. The van der Waals surface area contributed by atoms with Gasteiger partial charge in [-0.15, -0.1) is 11.3 Å². The first-order valence-corrected chi connectivity index (χ1v) is 7.71. The third-order valence-electron chi connectivity index (χ3n) is 3.55. The lowest BCUT2D eigenvalue weighted by molar-refractivity contribution is -0.124. The maximum atomic E-state index is 12.1. The standard InChI is InChI=1S/C14H22N2O2S/c1-10(9-12-3-2-8-19-12)16-14(17)13(15)11-4-6-18-7-5-11/h2-3,8,10-11,13H,4-7,9,15H2,1H3,(H,16,17). The summed E-state index contributed by atoms with van der Waals surface area (Å²) < 4.78 is 5.29. The molecular formula is C14H22N2O2S. The zero-order valence-electron chi connectivity index (χ0n) is 11.3. The van der Waals surface area contributed by atoms with Crippen molar-refractivity contribution in [2.45, 2.75) is 38.3 Å². The van der Waals surface area contributed by atoms with E-state index in [9.17, 15) is 4.79 Å². The second-order valence-corrected chi connectivity index (χ2v) is 6.20. The highest BCUT2D eigenvalue weighted by Crippen LogP contribution is 2.18. The van der Waals surface area contributed by atoms with Crippen molar-refractivity contribution in [2.75, 3.05) is 13.2 Å². The Morgan fingerprint density at radius 1 is 1.58 bits per heavy atom. The lowest BCUT2D eigenvalue weighted by atomic mass is 9.91. The molecule has 0 aliphatic carbocycles. The topological polar surface area (TPSA) is 64.4 Å². The van der Waals surface area contributed by atoms with E-state index in [1.165, 1.54) is 4.88 Å². The molecule has 0 aromatic carbocycles. The molecule has 2 atom stereocenters. The fourth-order valence-corrected chi connectivity index (χ4v) is 3.24. The van der Waals surface area contributed by atoms with E-state index in [0.717, 1.165) is 32.5 Å². The molecule has 5 heteroatoms. The van der Waals surface area contributed by atoms with Gasteiger partial charge in [0.1, 0.15) is 0 Å². The van der Waals surface area contributed by atoms with Crippen LogP contribution in [0.1, 0.15) is 24.6 Å². The van der Waals surface area contributed by atoms with Crippen molar-refractivity contribution in [3.8, 4) is 0 Å². The largest absolute Gasteiger partial charge is 0.381 e. The summed E-state index contributed by atoms with van der Waals surface area (Å²) in [5.74, 6) is 0.221. The molecule has 19 heavy (non-hydrogen) atoms. The molecule has 1 saturated heterocycles. The van der Waals surface area contributed by atoms with Crippen LogP contribution in [0.5, 0.6) is 0 Å². The van der Waals surface area contributed by atoms with Gasteiger partial charge in [-0.3, -0.25) is 4.79 Å². The van der Waals surface area contributed by atoms with Gasteiger partial charge in [-0.25, -0.2) is 0 Å². The van der Waals surface area contributed by atoms with E-state index in [0.29, 0.717) is 0 Å². The van der Waals surface area contributed by atoms with Crippen LogP contribution in [0.25, 0.3) is 0 Å². The SMILES string of the molecule is CC(Cc1cccs1)NC(=O)C(N)C1CCOCC1. The number of carbonyl (C=O) groups is 1. The van der Waals surface area contributed by atoms with E-state index < -0.39 is 6.04 Å². The van der Waals surface area contributed by atoms with Gasteiger partial charge >= 0.3 is 0 Å². The number of thiophene rings is 1. The minimum atomic E-state index is -0.408. The van der Waals surface area contributed by atoms with Crippen LogP contribution in [0.2, 0.25) is 0 Å². The van der Waals surface area contributed by atoms with Crippen LogP contribution in [0.3, 0.4) is 0 Å². The molecule has 1 aliphatic rings. The molecule has 0 spiro atoms. The molecule has 0 bridgehead atoms. The Morgan fingerprint density at radius 2 is 2.32 bits per heavy atom. The molecule has 106 valence electrons. The molecule has 1 aliphatic heterocycles. The zero-order valence-corrected chi connectivity index (χ0v) is 12.1. The Labute approximate surface area is 118 Å². The van der Waals surface area contributed by atoms with Crippen LogP contribution in [0.4, 0.5) is 0 Å². The van der Waals surface area contributed by atoms with Crippen molar-refractivity contribution in [3.05, 3.63) is 22.4 Å². The van der Waals surface area contributed by atoms with Gasteiger partial charge in [0.25, 0.3) is 0 Å². The Kier molecular flexibility index (Phi) is 5.36. The molecule has 0 saturated carbocycles. The van der Waals surface area contributed by atoms with Gasteiger partial charge in [0.15, 0.2) is 0 Å². The van der Waals surface area contributed by atoms with Crippen molar-refractivity contribution >= 4 is 17.2 Å². The Hall–Kier alpha value is -0.910. The average Bonchev–Trinajstić information content (AvgIpc) is 2.91. The van der Waals surface area contributed by atoms with Gasteiger partial charge in [0, 0.05) is 30.6 Å². The van der Waals surface area contributed by atoms with E-state index >= 15 is 0 Å². The highest BCUT2D eigenvalue weighted by Gasteiger charge is 2.27. The van der Waals surface area contributed by atoms with Gasteiger partial charge < -0.3 is 15.8 Å². The third-order valence-corrected chi connectivity index (χ3v) is 4.45. The number of hydrogen-bond donors (Lipinski definition) is 2.